The second-order valence-electron chi connectivity index (χ2n) is 5.78. The molecule has 0 amide bonds. The molecule has 2 N–H and O–H groups in total. The predicted molar refractivity (Wildman–Crippen MR) is 100 cm³/mol. The van der Waals surface area contributed by atoms with Gasteiger partial charge in [0.05, 0.1) is 16.2 Å². The molecule has 0 aliphatic carbocycles. The van der Waals surface area contributed by atoms with Crippen molar-refractivity contribution in [1.29, 1.82) is 0 Å². The molecular weight excluding hydrogens is 353 g/mol. The van der Waals surface area contributed by atoms with Crippen LogP contribution in [0.4, 0.5) is 10.3 Å². The summed E-state index contributed by atoms with van der Waals surface area (Å²) < 4.78 is 14.4. The Bertz CT molecular complexity index is 1150. The lowest BCUT2D eigenvalue weighted by Gasteiger charge is -2.12. The van der Waals surface area contributed by atoms with Gasteiger partial charge in [-0.1, -0.05) is 23.7 Å². The Balaban J connectivity index is 2.02. The quantitative estimate of drug-likeness (QED) is 0.568. The lowest BCUT2D eigenvalue weighted by atomic mass is 9.98. The van der Waals surface area contributed by atoms with Crippen LogP contribution in [0.25, 0.3) is 33.3 Å². The molecule has 2 aromatic heterocycles. The van der Waals surface area contributed by atoms with Crippen LogP contribution in [-0.4, -0.2) is 19.9 Å². The fourth-order valence-corrected chi connectivity index (χ4v) is 3.14. The van der Waals surface area contributed by atoms with Gasteiger partial charge in [-0.3, -0.25) is 0 Å². The highest BCUT2D eigenvalue weighted by molar-refractivity contribution is 6.35. The van der Waals surface area contributed by atoms with Gasteiger partial charge in [0.1, 0.15) is 12.1 Å². The van der Waals surface area contributed by atoms with E-state index in [9.17, 15) is 4.39 Å². The van der Waals surface area contributed by atoms with Gasteiger partial charge >= 0.3 is 0 Å². The first-order valence-electron chi connectivity index (χ1n) is 7.83. The third-order valence-electron chi connectivity index (χ3n) is 4.14. The number of nitrogen functional groups attached to an aromatic ring is 1. The highest BCUT2D eigenvalue weighted by atomic mass is 35.5. The number of halogens is 2. The van der Waals surface area contributed by atoms with Crippen molar-refractivity contribution >= 4 is 28.5 Å². The van der Waals surface area contributed by atoms with Gasteiger partial charge in [0.25, 0.3) is 0 Å². The number of nitrogens with two attached hydrogens (primary N) is 1. The smallest absolute Gasteiger partial charge is 0.220 e. The Morgan fingerprint density at radius 1 is 1.04 bits per heavy atom. The average Bonchev–Trinajstić information content (AvgIpc) is 2.63. The van der Waals surface area contributed by atoms with Crippen LogP contribution in [0.3, 0.4) is 0 Å². The van der Waals surface area contributed by atoms with Crippen molar-refractivity contribution in [1.82, 2.24) is 19.9 Å². The van der Waals surface area contributed by atoms with Crippen LogP contribution in [0.2, 0.25) is 5.02 Å². The zero-order chi connectivity index (χ0) is 18.3. The van der Waals surface area contributed by atoms with E-state index in [1.807, 2.05) is 13.0 Å². The van der Waals surface area contributed by atoms with E-state index in [4.69, 9.17) is 17.3 Å². The molecule has 2 aromatic carbocycles. The maximum absolute atomic E-state index is 14.4. The number of benzene rings is 2. The van der Waals surface area contributed by atoms with Crippen LogP contribution >= 0.6 is 11.6 Å². The van der Waals surface area contributed by atoms with Gasteiger partial charge in [-0.2, -0.15) is 0 Å². The van der Waals surface area contributed by atoms with Crippen LogP contribution in [0.15, 0.2) is 48.9 Å². The van der Waals surface area contributed by atoms with Gasteiger partial charge in [0.2, 0.25) is 5.95 Å². The highest BCUT2D eigenvalue weighted by Crippen LogP contribution is 2.36. The highest BCUT2D eigenvalue weighted by Gasteiger charge is 2.16. The van der Waals surface area contributed by atoms with Crippen molar-refractivity contribution in [2.75, 3.05) is 5.73 Å². The third kappa shape index (κ3) is 2.74. The monoisotopic (exact) mass is 365 g/mol. The van der Waals surface area contributed by atoms with Crippen molar-refractivity contribution in [3.63, 3.8) is 0 Å². The molecule has 26 heavy (non-hydrogen) atoms. The van der Waals surface area contributed by atoms with Crippen molar-refractivity contribution < 1.29 is 4.39 Å². The minimum absolute atomic E-state index is 0.0680. The predicted octanol–water partition coefficient (Wildman–Crippen LogP) is 4.44. The van der Waals surface area contributed by atoms with Gasteiger partial charge in [0, 0.05) is 28.4 Å². The van der Waals surface area contributed by atoms with E-state index in [1.54, 1.807) is 30.5 Å². The fourth-order valence-electron chi connectivity index (χ4n) is 2.87. The number of fused-ring (bicyclic) bond motifs is 1. The molecule has 2 heterocycles. The minimum Gasteiger partial charge on any atom is -0.368 e. The molecule has 5 nitrogen and oxygen atoms in total. The number of hydrogen-bond acceptors (Lipinski definition) is 5. The molecule has 0 atom stereocenters. The summed E-state index contributed by atoms with van der Waals surface area (Å²) in [6.45, 7) is 1.88. The Kier molecular flexibility index (Phi) is 3.97. The van der Waals surface area contributed by atoms with Crippen LogP contribution in [-0.2, 0) is 0 Å². The topological polar surface area (TPSA) is 77.6 Å². The molecule has 0 radical (unpaired) electrons. The van der Waals surface area contributed by atoms with E-state index >= 15 is 0 Å². The van der Waals surface area contributed by atoms with Gasteiger partial charge in [-0.15, -0.1) is 0 Å². The second-order valence-corrected chi connectivity index (χ2v) is 6.19. The van der Waals surface area contributed by atoms with Crippen molar-refractivity contribution in [2.45, 2.75) is 6.92 Å². The Hall–Kier alpha value is -3.12. The lowest BCUT2D eigenvalue weighted by molar-refractivity contribution is 0.631. The Labute approximate surface area is 153 Å². The van der Waals surface area contributed by atoms with Crippen LogP contribution in [0.5, 0.6) is 0 Å². The number of rotatable bonds is 2. The molecule has 7 heteroatoms. The number of aromatic nitrogens is 4. The molecule has 0 saturated heterocycles. The minimum atomic E-state index is -0.391. The standard InChI is InChI=1S/C19H13ClFN5/c1-10-13-6-11(7-15(20)18(13)25-9-24-10)14-8-23-19(22)26-17(14)12-4-2-3-5-16(12)21/h2-9H,1H3,(H2,22,23,26). The van der Waals surface area contributed by atoms with E-state index in [0.29, 0.717) is 27.4 Å². The van der Waals surface area contributed by atoms with E-state index in [2.05, 4.69) is 19.9 Å². The average molecular weight is 366 g/mol. The first kappa shape index (κ1) is 16.4. The van der Waals surface area contributed by atoms with E-state index in [1.165, 1.54) is 12.4 Å². The zero-order valence-corrected chi connectivity index (χ0v) is 14.5. The second kappa shape index (κ2) is 6.31. The van der Waals surface area contributed by atoms with E-state index < -0.39 is 5.82 Å². The van der Waals surface area contributed by atoms with E-state index in [0.717, 1.165) is 16.6 Å². The molecule has 4 aromatic rings. The Morgan fingerprint density at radius 2 is 1.85 bits per heavy atom. The summed E-state index contributed by atoms with van der Waals surface area (Å²) >= 11 is 6.42. The molecule has 0 unspecified atom stereocenters. The number of anilines is 1. The lowest BCUT2D eigenvalue weighted by Crippen LogP contribution is -2.00. The molecule has 0 spiro atoms. The first-order valence-corrected chi connectivity index (χ1v) is 8.21. The Morgan fingerprint density at radius 3 is 2.65 bits per heavy atom. The van der Waals surface area contributed by atoms with Crippen molar-refractivity contribution in [2.24, 2.45) is 0 Å². The molecule has 0 fully saturated rings. The summed E-state index contributed by atoms with van der Waals surface area (Å²) in [7, 11) is 0. The summed E-state index contributed by atoms with van der Waals surface area (Å²) in [5.74, 6) is -0.323. The molecule has 4 rings (SSSR count). The van der Waals surface area contributed by atoms with Crippen LogP contribution < -0.4 is 5.73 Å². The zero-order valence-electron chi connectivity index (χ0n) is 13.7. The number of aryl methyl sites for hydroxylation is 1. The molecule has 0 bridgehead atoms. The molecule has 0 saturated carbocycles. The van der Waals surface area contributed by atoms with Crippen molar-refractivity contribution in [3.05, 3.63) is 65.5 Å². The fraction of sp³-hybridized carbons (Fsp3) is 0.0526. The van der Waals surface area contributed by atoms with E-state index in [-0.39, 0.29) is 5.95 Å². The SMILES string of the molecule is Cc1ncnc2c(Cl)cc(-c3cnc(N)nc3-c3ccccc3F)cc12. The largest absolute Gasteiger partial charge is 0.368 e. The number of hydrogen-bond donors (Lipinski definition) is 1. The summed E-state index contributed by atoms with van der Waals surface area (Å²) in [6, 6.07) is 10.0. The van der Waals surface area contributed by atoms with Gasteiger partial charge in [-0.25, -0.2) is 24.3 Å². The molecule has 0 aliphatic heterocycles. The summed E-state index contributed by atoms with van der Waals surface area (Å²) in [5.41, 5.74) is 9.30. The van der Waals surface area contributed by atoms with Crippen LogP contribution in [0, 0.1) is 12.7 Å². The molecule has 0 aliphatic rings. The molecular formula is C19H13ClFN5. The van der Waals surface area contributed by atoms with Crippen LogP contribution in [0.1, 0.15) is 5.69 Å². The summed E-state index contributed by atoms with van der Waals surface area (Å²) in [5, 5.41) is 1.28. The normalized spacial score (nSPS) is 11.0. The van der Waals surface area contributed by atoms with Gasteiger partial charge < -0.3 is 5.73 Å². The summed E-state index contributed by atoms with van der Waals surface area (Å²) in [4.78, 5) is 16.8. The summed E-state index contributed by atoms with van der Waals surface area (Å²) in [6.07, 6.45) is 3.04. The first-order chi connectivity index (χ1) is 12.5. The number of nitrogens with zero attached hydrogens (tertiary/aromatic N) is 4. The van der Waals surface area contributed by atoms with Gasteiger partial charge in [-0.05, 0) is 36.8 Å². The maximum atomic E-state index is 14.4. The molecule has 128 valence electrons. The maximum Gasteiger partial charge on any atom is 0.220 e. The van der Waals surface area contributed by atoms with Gasteiger partial charge in [0.15, 0.2) is 0 Å². The third-order valence-corrected chi connectivity index (χ3v) is 4.43. The van der Waals surface area contributed by atoms with Crippen molar-refractivity contribution in [3.8, 4) is 22.4 Å².